The van der Waals surface area contributed by atoms with Gasteiger partial charge in [-0.1, -0.05) is 0 Å². The average Bonchev–Trinajstić information content (AvgIpc) is 2.21. The van der Waals surface area contributed by atoms with E-state index in [2.05, 4.69) is 0 Å². The van der Waals surface area contributed by atoms with E-state index < -0.39 is 0 Å². The molecule has 1 unspecified atom stereocenters. The Hall–Kier alpha value is 0.558. The van der Waals surface area contributed by atoms with Crippen LogP contribution in [-0.2, 0) is 0 Å². The van der Waals surface area contributed by atoms with Crippen LogP contribution in [0.15, 0.2) is 0 Å². The molecule has 1 heteroatoms. The van der Waals surface area contributed by atoms with Crippen molar-refractivity contribution in [3.63, 3.8) is 0 Å². The third-order valence-corrected chi connectivity index (χ3v) is 4.50. The van der Waals surface area contributed by atoms with Gasteiger partial charge in [0.15, 0.2) is 0 Å². The summed E-state index contributed by atoms with van der Waals surface area (Å²) < 4.78 is 0.873. The van der Waals surface area contributed by atoms with Gasteiger partial charge in [-0.05, 0) is 0 Å². The summed E-state index contributed by atoms with van der Waals surface area (Å²) in [6.45, 7) is 0. The minimum atomic E-state index is 0.873. The van der Waals surface area contributed by atoms with Gasteiger partial charge in [-0.15, -0.1) is 0 Å². The summed E-state index contributed by atoms with van der Waals surface area (Å²) >= 11 is 2.02. The number of hydrogen-bond donors (Lipinski definition) is 0. The summed E-state index contributed by atoms with van der Waals surface area (Å²) in [7, 11) is 0. The Balaban J connectivity index is 2.19. The van der Waals surface area contributed by atoms with Crippen LogP contribution in [-0.4, -0.2) is 16.9 Å². The van der Waals surface area contributed by atoms with Crippen molar-refractivity contribution in [3.8, 4) is 0 Å². The monoisotopic (exact) mass is 172 g/mol. The van der Waals surface area contributed by atoms with Crippen LogP contribution in [0.5, 0.6) is 0 Å². The van der Waals surface area contributed by atoms with Gasteiger partial charge >= 0.3 is 59.1 Å². The van der Waals surface area contributed by atoms with Crippen LogP contribution in [0.1, 0.15) is 32.1 Å². The van der Waals surface area contributed by atoms with Crippen LogP contribution in [0.25, 0.3) is 0 Å². The van der Waals surface area contributed by atoms with Crippen LogP contribution in [0.3, 0.4) is 0 Å². The Bertz CT molecular complexity index is 101. The Labute approximate surface area is 59.5 Å². The van der Waals surface area contributed by atoms with Crippen LogP contribution in [0.2, 0.25) is 4.20 Å². The number of hydrogen-bond acceptors (Lipinski definition) is 0. The van der Waals surface area contributed by atoms with E-state index >= 15 is 0 Å². The van der Waals surface area contributed by atoms with E-state index in [9.17, 15) is 0 Å². The van der Waals surface area contributed by atoms with Crippen molar-refractivity contribution in [2.75, 3.05) is 0 Å². The maximum absolute atomic E-state index is 2.02. The van der Waals surface area contributed by atoms with Crippen molar-refractivity contribution in [1.82, 2.24) is 0 Å². The maximum atomic E-state index is 2.02. The minimum absolute atomic E-state index is 0.873. The fourth-order valence-corrected chi connectivity index (χ4v) is 3.63. The second-order valence-corrected chi connectivity index (χ2v) is 6.08. The Kier molecular flexibility index (Phi) is 1.03. The molecule has 1 atom stereocenters. The molecule has 0 aromatic heterocycles. The number of fused-ring (bicyclic) bond motifs is 2. The third kappa shape index (κ3) is 0.657. The van der Waals surface area contributed by atoms with Crippen LogP contribution < -0.4 is 0 Å². The van der Waals surface area contributed by atoms with E-state index in [0.29, 0.717) is 0 Å². The topological polar surface area (TPSA) is 0 Å². The Morgan fingerprint density at radius 1 is 1.25 bits per heavy atom. The SMILES string of the molecule is [AsH2]C12CCC(CC1)C2. The summed E-state index contributed by atoms with van der Waals surface area (Å²) in [6.07, 6.45) is 7.79. The summed E-state index contributed by atoms with van der Waals surface area (Å²) in [6, 6.07) is 0. The first-order chi connectivity index (χ1) is 3.79. The van der Waals surface area contributed by atoms with E-state index in [1.54, 1.807) is 32.1 Å². The molecular weight excluding hydrogens is 159 g/mol. The van der Waals surface area contributed by atoms with E-state index in [0.717, 1.165) is 10.1 Å². The first-order valence-corrected chi connectivity index (χ1v) is 4.79. The first-order valence-electron chi connectivity index (χ1n) is 3.57. The van der Waals surface area contributed by atoms with E-state index in [1.807, 2.05) is 16.9 Å². The van der Waals surface area contributed by atoms with E-state index in [1.165, 1.54) is 0 Å². The zero-order valence-electron chi connectivity index (χ0n) is 5.19. The van der Waals surface area contributed by atoms with E-state index in [4.69, 9.17) is 0 Å². The molecule has 0 aliphatic heterocycles. The predicted molar refractivity (Wildman–Crippen MR) is 37.8 cm³/mol. The fraction of sp³-hybridized carbons (Fsp3) is 1.00. The van der Waals surface area contributed by atoms with Crippen LogP contribution in [0.4, 0.5) is 0 Å². The molecule has 2 rings (SSSR count). The normalized spacial score (nSPS) is 52.9. The fourth-order valence-electron chi connectivity index (χ4n) is 2.24. The van der Waals surface area contributed by atoms with Gasteiger partial charge in [-0.3, -0.25) is 0 Å². The molecule has 2 fully saturated rings. The summed E-state index contributed by atoms with van der Waals surface area (Å²) in [5.74, 6) is 1.15. The molecule has 0 aromatic carbocycles. The van der Waals surface area contributed by atoms with Gasteiger partial charge in [0.05, 0.1) is 0 Å². The molecule has 0 N–H and O–H groups in total. The van der Waals surface area contributed by atoms with Crippen LogP contribution >= 0.6 is 0 Å². The Morgan fingerprint density at radius 2 is 1.88 bits per heavy atom. The third-order valence-electron chi connectivity index (χ3n) is 2.80. The zero-order valence-corrected chi connectivity index (χ0v) is 7.61. The number of rotatable bonds is 0. The van der Waals surface area contributed by atoms with Crippen molar-refractivity contribution in [2.45, 2.75) is 36.3 Å². The van der Waals surface area contributed by atoms with Crippen molar-refractivity contribution < 1.29 is 0 Å². The first kappa shape index (κ1) is 5.35. The summed E-state index contributed by atoms with van der Waals surface area (Å²) in [4.78, 5) is 0. The molecule has 2 bridgehead atoms. The molecule has 0 radical (unpaired) electrons. The summed E-state index contributed by atoms with van der Waals surface area (Å²) in [5.41, 5.74) is 0. The van der Waals surface area contributed by atoms with Gasteiger partial charge in [0.25, 0.3) is 0 Å². The van der Waals surface area contributed by atoms with Crippen molar-refractivity contribution in [1.29, 1.82) is 0 Å². The molecular formula is C7H13As. The predicted octanol–water partition coefficient (Wildman–Crippen LogP) is 1.37. The standard InChI is InChI=1S/C7H13As/c8-7-3-1-6(5-7)2-4-7/h6H,1-5,8H2. The zero-order chi connectivity index (χ0) is 5.61. The van der Waals surface area contributed by atoms with E-state index in [-0.39, 0.29) is 0 Å². The molecule has 0 aromatic rings. The molecule has 0 spiro atoms. The molecule has 0 amide bonds. The average molecular weight is 172 g/mol. The van der Waals surface area contributed by atoms with Crippen LogP contribution in [0, 0.1) is 5.92 Å². The van der Waals surface area contributed by atoms with Gasteiger partial charge in [-0.2, -0.15) is 0 Å². The second-order valence-electron chi connectivity index (χ2n) is 3.51. The second kappa shape index (κ2) is 1.53. The molecule has 2 aliphatic carbocycles. The van der Waals surface area contributed by atoms with Gasteiger partial charge in [0.2, 0.25) is 0 Å². The molecule has 0 heterocycles. The van der Waals surface area contributed by atoms with Gasteiger partial charge in [0, 0.05) is 0 Å². The van der Waals surface area contributed by atoms with Crippen molar-refractivity contribution in [3.05, 3.63) is 0 Å². The molecule has 2 saturated carbocycles. The Morgan fingerprint density at radius 3 is 2.00 bits per heavy atom. The molecule has 8 heavy (non-hydrogen) atoms. The van der Waals surface area contributed by atoms with Gasteiger partial charge < -0.3 is 0 Å². The molecule has 2 aliphatic rings. The van der Waals surface area contributed by atoms with Gasteiger partial charge in [-0.25, -0.2) is 0 Å². The molecule has 0 saturated heterocycles. The summed E-state index contributed by atoms with van der Waals surface area (Å²) in [5, 5.41) is 0. The quantitative estimate of drug-likeness (QED) is 0.484. The molecule has 0 nitrogen and oxygen atoms in total. The van der Waals surface area contributed by atoms with Gasteiger partial charge in [0.1, 0.15) is 0 Å². The van der Waals surface area contributed by atoms with Crippen molar-refractivity contribution in [2.24, 2.45) is 5.92 Å². The van der Waals surface area contributed by atoms with Crippen molar-refractivity contribution >= 4 is 16.9 Å². The molecule has 46 valence electrons.